The lowest BCUT2D eigenvalue weighted by atomic mass is 10.1. The Morgan fingerprint density at radius 1 is 1.60 bits per heavy atom. The lowest BCUT2D eigenvalue weighted by Gasteiger charge is -2.21. The van der Waals surface area contributed by atoms with E-state index < -0.39 is 0 Å². The maximum atomic E-state index is 5.80. The highest BCUT2D eigenvalue weighted by atomic mass is 16.5. The van der Waals surface area contributed by atoms with E-state index in [1.54, 1.807) is 18.0 Å². The Bertz CT molecular complexity index is 308. The molecule has 0 aliphatic carbocycles. The molecule has 0 aliphatic rings. The summed E-state index contributed by atoms with van der Waals surface area (Å²) in [6.45, 7) is 4.92. The third-order valence-electron chi connectivity index (χ3n) is 2.33. The molecule has 1 atom stereocenters. The van der Waals surface area contributed by atoms with Crippen molar-refractivity contribution in [1.29, 1.82) is 0 Å². The largest absolute Gasteiger partial charge is 0.394 e. The third-order valence-corrected chi connectivity index (χ3v) is 2.33. The Kier molecular flexibility index (Phi) is 3.96. The van der Waals surface area contributed by atoms with E-state index in [4.69, 9.17) is 10.5 Å². The molecule has 5 nitrogen and oxygen atoms in total. The number of nitrogens with one attached hydrogen (secondary N) is 1. The van der Waals surface area contributed by atoms with Crippen LogP contribution < -0.4 is 11.1 Å². The van der Waals surface area contributed by atoms with Gasteiger partial charge in [0.25, 0.3) is 0 Å². The first-order chi connectivity index (χ1) is 7.04. The van der Waals surface area contributed by atoms with Crippen LogP contribution in [0.25, 0.3) is 0 Å². The van der Waals surface area contributed by atoms with Crippen LogP contribution in [-0.2, 0) is 11.8 Å². The summed E-state index contributed by atoms with van der Waals surface area (Å²) < 4.78 is 6.84. The Hall–Kier alpha value is -1.23. The van der Waals surface area contributed by atoms with Gasteiger partial charge in [-0.25, -0.2) is 0 Å². The molecule has 0 aliphatic heterocycles. The van der Waals surface area contributed by atoms with Crippen LogP contribution >= 0.6 is 0 Å². The van der Waals surface area contributed by atoms with E-state index in [1.165, 1.54) is 0 Å². The maximum absolute atomic E-state index is 5.80. The summed E-state index contributed by atoms with van der Waals surface area (Å²) >= 11 is 0. The lowest BCUT2D eigenvalue weighted by molar-refractivity contribution is 0.171. The number of anilines is 2. The molecule has 1 heterocycles. The van der Waals surface area contributed by atoms with E-state index in [-0.39, 0.29) is 6.04 Å². The average molecular weight is 212 g/mol. The minimum Gasteiger partial charge on any atom is -0.394 e. The van der Waals surface area contributed by atoms with Crippen LogP contribution in [0.2, 0.25) is 0 Å². The first kappa shape index (κ1) is 11.8. The number of hydrogen-bond acceptors (Lipinski definition) is 4. The highest BCUT2D eigenvalue weighted by Crippen LogP contribution is 2.17. The molecule has 0 aromatic carbocycles. The van der Waals surface area contributed by atoms with Gasteiger partial charge in [0.1, 0.15) is 0 Å². The zero-order valence-corrected chi connectivity index (χ0v) is 9.82. The zero-order valence-electron chi connectivity index (χ0n) is 9.82. The number of aromatic nitrogens is 2. The molecule has 0 saturated carbocycles. The van der Waals surface area contributed by atoms with Crippen molar-refractivity contribution in [3.05, 3.63) is 6.20 Å². The normalized spacial score (nSPS) is 13.1. The van der Waals surface area contributed by atoms with Crippen LogP contribution in [0.15, 0.2) is 6.20 Å². The summed E-state index contributed by atoms with van der Waals surface area (Å²) in [7, 11) is 3.54. The maximum Gasteiger partial charge on any atom is 0.171 e. The van der Waals surface area contributed by atoms with Gasteiger partial charge in [0, 0.05) is 20.4 Å². The SMILES string of the molecule is COCC(Nc1nn(C)cc1N)C(C)C. The smallest absolute Gasteiger partial charge is 0.171 e. The average Bonchev–Trinajstić information content (AvgIpc) is 2.44. The standard InChI is InChI=1S/C10H20N4O/c1-7(2)9(6-15-4)12-10-8(11)5-14(3)13-10/h5,7,9H,6,11H2,1-4H3,(H,12,13). The van der Waals surface area contributed by atoms with Crippen molar-refractivity contribution in [2.75, 3.05) is 24.8 Å². The van der Waals surface area contributed by atoms with E-state index in [0.29, 0.717) is 18.2 Å². The molecular weight excluding hydrogens is 192 g/mol. The van der Waals surface area contributed by atoms with Gasteiger partial charge in [0.05, 0.1) is 18.3 Å². The number of aryl methyl sites for hydroxylation is 1. The molecule has 3 N–H and O–H groups in total. The Balaban J connectivity index is 2.69. The molecule has 15 heavy (non-hydrogen) atoms. The zero-order chi connectivity index (χ0) is 11.4. The quantitative estimate of drug-likeness (QED) is 0.766. The van der Waals surface area contributed by atoms with Gasteiger partial charge in [-0.1, -0.05) is 13.8 Å². The van der Waals surface area contributed by atoms with Gasteiger partial charge in [-0.15, -0.1) is 0 Å². The summed E-state index contributed by atoms with van der Waals surface area (Å²) in [6, 6.07) is 0.229. The Morgan fingerprint density at radius 3 is 2.67 bits per heavy atom. The molecule has 5 heteroatoms. The van der Waals surface area contributed by atoms with E-state index in [2.05, 4.69) is 24.3 Å². The molecule has 1 aromatic rings. The summed E-state index contributed by atoms with van der Waals surface area (Å²) in [5.74, 6) is 1.19. The Morgan fingerprint density at radius 2 is 2.27 bits per heavy atom. The molecule has 0 spiro atoms. The van der Waals surface area contributed by atoms with Crippen LogP contribution in [0, 0.1) is 5.92 Å². The molecule has 0 saturated heterocycles. The van der Waals surface area contributed by atoms with Crippen LogP contribution in [0.4, 0.5) is 11.5 Å². The van der Waals surface area contributed by atoms with Crippen LogP contribution in [0.1, 0.15) is 13.8 Å². The highest BCUT2D eigenvalue weighted by Gasteiger charge is 2.15. The molecule has 1 aromatic heterocycles. The predicted octanol–water partition coefficient (Wildman–Crippen LogP) is 1.09. The van der Waals surface area contributed by atoms with Crippen molar-refractivity contribution < 1.29 is 4.74 Å². The van der Waals surface area contributed by atoms with Crippen LogP contribution in [0.3, 0.4) is 0 Å². The Labute approximate surface area is 90.6 Å². The second-order valence-electron chi connectivity index (χ2n) is 4.06. The summed E-state index contributed by atoms with van der Waals surface area (Å²) in [5, 5.41) is 7.53. The number of hydrogen-bond donors (Lipinski definition) is 2. The minimum atomic E-state index is 0.229. The highest BCUT2D eigenvalue weighted by molar-refractivity contribution is 5.60. The number of nitrogens with zero attached hydrogens (tertiary/aromatic N) is 2. The fourth-order valence-corrected chi connectivity index (χ4v) is 1.37. The molecule has 0 fully saturated rings. The summed E-state index contributed by atoms with van der Waals surface area (Å²) in [5.41, 5.74) is 6.47. The lowest BCUT2D eigenvalue weighted by Crippen LogP contribution is -2.30. The van der Waals surface area contributed by atoms with Crippen molar-refractivity contribution in [1.82, 2.24) is 9.78 Å². The third kappa shape index (κ3) is 3.13. The molecule has 1 rings (SSSR count). The second-order valence-corrected chi connectivity index (χ2v) is 4.06. The number of nitrogens with two attached hydrogens (primary N) is 1. The molecule has 0 radical (unpaired) electrons. The topological polar surface area (TPSA) is 65.1 Å². The van der Waals surface area contributed by atoms with Crippen LogP contribution in [-0.4, -0.2) is 29.5 Å². The van der Waals surface area contributed by atoms with Crippen molar-refractivity contribution in [2.45, 2.75) is 19.9 Å². The number of nitrogen functional groups attached to an aromatic ring is 1. The molecular formula is C10H20N4O. The fourth-order valence-electron chi connectivity index (χ4n) is 1.37. The van der Waals surface area contributed by atoms with E-state index in [0.717, 1.165) is 5.82 Å². The molecule has 86 valence electrons. The predicted molar refractivity (Wildman–Crippen MR) is 61.7 cm³/mol. The van der Waals surface area contributed by atoms with Crippen molar-refractivity contribution in [2.24, 2.45) is 13.0 Å². The first-order valence-electron chi connectivity index (χ1n) is 5.09. The number of ether oxygens (including phenoxy) is 1. The molecule has 0 amide bonds. The summed E-state index contributed by atoms with van der Waals surface area (Å²) in [4.78, 5) is 0. The number of methoxy groups -OCH3 is 1. The minimum absolute atomic E-state index is 0.229. The van der Waals surface area contributed by atoms with Crippen molar-refractivity contribution >= 4 is 11.5 Å². The van der Waals surface area contributed by atoms with Gasteiger partial charge in [0.15, 0.2) is 5.82 Å². The number of rotatable bonds is 5. The molecule has 0 bridgehead atoms. The van der Waals surface area contributed by atoms with Gasteiger partial charge in [-0.05, 0) is 5.92 Å². The van der Waals surface area contributed by atoms with Crippen molar-refractivity contribution in [3.63, 3.8) is 0 Å². The first-order valence-corrected chi connectivity index (χ1v) is 5.09. The summed E-state index contributed by atoms with van der Waals surface area (Å²) in [6.07, 6.45) is 1.78. The van der Waals surface area contributed by atoms with E-state index in [1.807, 2.05) is 7.05 Å². The van der Waals surface area contributed by atoms with E-state index in [9.17, 15) is 0 Å². The van der Waals surface area contributed by atoms with Crippen molar-refractivity contribution in [3.8, 4) is 0 Å². The second kappa shape index (κ2) is 5.02. The van der Waals surface area contributed by atoms with E-state index >= 15 is 0 Å². The van der Waals surface area contributed by atoms with Gasteiger partial charge in [-0.3, -0.25) is 4.68 Å². The van der Waals surface area contributed by atoms with Gasteiger partial charge in [0.2, 0.25) is 0 Å². The van der Waals surface area contributed by atoms with Gasteiger partial charge in [-0.2, -0.15) is 5.10 Å². The fraction of sp³-hybridized carbons (Fsp3) is 0.700. The van der Waals surface area contributed by atoms with Gasteiger partial charge >= 0.3 is 0 Å². The molecule has 1 unspecified atom stereocenters. The van der Waals surface area contributed by atoms with Gasteiger partial charge < -0.3 is 15.8 Å². The monoisotopic (exact) mass is 212 g/mol. The van der Waals surface area contributed by atoms with Crippen LogP contribution in [0.5, 0.6) is 0 Å².